The van der Waals surface area contributed by atoms with Crippen LogP contribution in [0.2, 0.25) is 0 Å². The van der Waals surface area contributed by atoms with Crippen molar-refractivity contribution < 1.29 is 51.7 Å². The number of carbonyl (C=O) groups is 5. The smallest absolute Gasteiger partial charge is 0.253 e. The van der Waals surface area contributed by atoms with E-state index in [1.165, 1.54) is 18.2 Å². The van der Waals surface area contributed by atoms with Gasteiger partial charge in [0.25, 0.3) is 23.6 Å². The average molecular weight is 1260 g/mol. The molecule has 19 heteroatoms. The molecule has 0 heterocycles. The van der Waals surface area contributed by atoms with Crippen LogP contribution >= 0.6 is 0 Å². The fraction of sp³-hybridized carbons (Fsp3) is 0.431. The second-order valence-electron chi connectivity index (χ2n) is 24.0. The summed E-state index contributed by atoms with van der Waals surface area (Å²) in [6, 6.07) is 31.0. The number of aryl methyl sites for hydroxylation is 2. The molecule has 0 saturated heterocycles. The van der Waals surface area contributed by atoms with Gasteiger partial charge in [-0.25, -0.2) is 17.6 Å². The molecule has 91 heavy (non-hydrogen) atoms. The third-order valence-corrected chi connectivity index (χ3v) is 15.0. The molecule has 0 aliphatic carbocycles. The fourth-order valence-electron chi connectivity index (χ4n) is 10.5. The van der Waals surface area contributed by atoms with Gasteiger partial charge in [-0.2, -0.15) is 0 Å². The summed E-state index contributed by atoms with van der Waals surface area (Å²) >= 11 is 0. The number of anilines is 1. The maximum absolute atomic E-state index is 14.1. The van der Waals surface area contributed by atoms with Gasteiger partial charge in [-0.1, -0.05) is 84.0 Å². The van der Waals surface area contributed by atoms with Crippen LogP contribution in [0.4, 0.5) is 23.2 Å². The quantitative estimate of drug-likeness (QED) is 0.0195. The Morgan fingerprint density at radius 1 is 0.484 bits per heavy atom. The number of amides is 5. The van der Waals surface area contributed by atoms with Crippen LogP contribution in [0.15, 0.2) is 127 Å². The van der Waals surface area contributed by atoms with E-state index in [0.29, 0.717) is 67.9 Å². The lowest BCUT2D eigenvalue weighted by atomic mass is 9.98. The molecular weight excluding hydrogens is 1160 g/mol. The Morgan fingerprint density at radius 3 is 1.31 bits per heavy atom. The number of aliphatic hydroxyl groups is 2. The Labute approximate surface area is 535 Å². The van der Waals surface area contributed by atoms with Crippen molar-refractivity contribution in [2.45, 2.75) is 137 Å². The van der Waals surface area contributed by atoms with Crippen LogP contribution in [0, 0.1) is 43.0 Å². The largest absolute Gasteiger partial charge is 0.390 e. The summed E-state index contributed by atoms with van der Waals surface area (Å²) < 4.78 is 56.2. The van der Waals surface area contributed by atoms with Crippen LogP contribution in [-0.2, 0) is 30.6 Å². The van der Waals surface area contributed by atoms with E-state index in [-0.39, 0.29) is 66.3 Å². The molecule has 492 valence electrons. The Kier molecular flexibility index (Phi) is 30.3. The molecule has 0 radical (unpaired) electrons. The lowest BCUT2D eigenvalue weighted by Gasteiger charge is -2.27. The maximum atomic E-state index is 14.1. The molecule has 5 atom stereocenters. The minimum atomic E-state index is -1.26. The number of halogens is 4. The Hall–Kier alpha value is -7.97. The molecule has 0 spiro atoms. The zero-order chi connectivity index (χ0) is 66.7. The van der Waals surface area contributed by atoms with Crippen LogP contribution in [0.5, 0.6) is 0 Å². The number of aliphatic hydroxyl groups excluding tert-OH is 2. The molecule has 0 unspecified atom stereocenters. The molecule has 0 aliphatic rings. The summed E-state index contributed by atoms with van der Waals surface area (Å²) in [6.07, 6.45) is 1.16. The molecule has 0 aliphatic heterocycles. The molecule has 7 N–H and O–H groups in total. The van der Waals surface area contributed by atoms with Crippen molar-refractivity contribution in [3.8, 4) is 0 Å². The molecule has 0 saturated carbocycles. The third kappa shape index (κ3) is 24.6. The summed E-state index contributed by atoms with van der Waals surface area (Å²) in [5.41, 5.74) is 6.29. The second-order valence-corrected chi connectivity index (χ2v) is 24.0. The van der Waals surface area contributed by atoms with Crippen LogP contribution < -0.4 is 31.5 Å². The van der Waals surface area contributed by atoms with E-state index >= 15 is 0 Å². The predicted octanol–water partition coefficient (Wildman–Crippen LogP) is 10.3. The second kappa shape index (κ2) is 37.4. The molecule has 6 rings (SSSR count). The first kappa shape index (κ1) is 73.8. The van der Waals surface area contributed by atoms with Crippen molar-refractivity contribution in [1.29, 1.82) is 0 Å². The normalized spacial score (nSPS) is 12.8. The van der Waals surface area contributed by atoms with Crippen LogP contribution in [0.3, 0.4) is 0 Å². The monoisotopic (exact) mass is 1260 g/mol. The molecule has 6 aromatic rings. The van der Waals surface area contributed by atoms with E-state index in [9.17, 15) is 51.7 Å². The van der Waals surface area contributed by atoms with Gasteiger partial charge in [0.05, 0.1) is 30.3 Å². The van der Waals surface area contributed by atoms with Crippen molar-refractivity contribution in [3.63, 3.8) is 0 Å². The van der Waals surface area contributed by atoms with Gasteiger partial charge in [0.15, 0.2) is 0 Å². The average Bonchev–Trinajstić information content (AvgIpc) is 1.20. The first-order valence-corrected chi connectivity index (χ1v) is 31.6. The van der Waals surface area contributed by atoms with Crippen LogP contribution in [0.1, 0.15) is 142 Å². The Morgan fingerprint density at radius 2 is 0.901 bits per heavy atom. The van der Waals surface area contributed by atoms with Crippen molar-refractivity contribution in [1.82, 2.24) is 36.4 Å². The summed E-state index contributed by atoms with van der Waals surface area (Å²) in [5, 5.41) is 37.6. The zero-order valence-electron chi connectivity index (χ0n) is 54.5. The number of nitrogens with one attached hydrogen (secondary N) is 5. The lowest BCUT2D eigenvalue weighted by Crippen LogP contribution is -2.53. The minimum absolute atomic E-state index is 0.000814. The maximum Gasteiger partial charge on any atom is 0.253 e. The number of carbonyl (C=O) groups excluding carboxylic acids is 5. The number of rotatable bonds is 33. The highest BCUT2D eigenvalue weighted by Crippen LogP contribution is 2.20. The summed E-state index contributed by atoms with van der Waals surface area (Å²) in [6.45, 7) is 19.0. The zero-order valence-corrected chi connectivity index (χ0v) is 54.5. The van der Waals surface area contributed by atoms with Gasteiger partial charge in [-0.05, 0) is 171 Å². The van der Waals surface area contributed by atoms with Gasteiger partial charge < -0.3 is 51.5 Å². The minimum Gasteiger partial charge on any atom is -0.390 e. The van der Waals surface area contributed by atoms with Crippen LogP contribution in [0.25, 0.3) is 0 Å². The predicted molar refractivity (Wildman–Crippen MR) is 352 cm³/mol. The standard InChI is InChI=1S/C38H50F2N4O4.C34H44F2N4O3/c1-6-13-44(14-7-2)38(48)30-16-26(5)15-29(21-30)36(46)43-33(20-28-17-31(39)22-32(40)18-28)35(45)24-41-34(37(47)42-23-25(3)4)19-27-11-9-8-10-12-27;1-6-12-40(13-7-2)34(43)27-15-23(3)14-26(19-27)33(42)38-31(18-25-16-28(35)20-29(36)17-25)32(41)22-37-21-24-8-10-30(11-9-24)39(4)5/h8-12,15-18,21-22,25,33-35,41,45H,6-7,13-14,19-20,23-24H2,1-5H3,(H,42,47)(H,43,46);8-11,14-17,19-20,31-32,37,41H,6-7,12-13,18,21-22H2,1-5H3,(H,38,42)/t33-,34-,35+;31-,32+/m00/s1. The summed E-state index contributed by atoms with van der Waals surface area (Å²) in [7, 11) is 3.93. The third-order valence-electron chi connectivity index (χ3n) is 15.0. The van der Waals surface area contributed by atoms with E-state index in [1.807, 2.05) is 122 Å². The Bertz CT molecular complexity index is 3250. The molecule has 0 aromatic heterocycles. The SMILES string of the molecule is CCCN(CCC)C(=O)c1cc(C)cc(C(=O)N[C@@H](Cc2cc(F)cc(F)c2)[C@H](O)CNCc2ccc(N(C)C)cc2)c1.CCCN(CCC)C(=O)c1cc(C)cc(C(=O)N[C@@H](Cc2cc(F)cc(F)c2)[C@H](O)CN[C@@H](Cc2ccccc2)C(=O)NCC(C)C)c1. The first-order chi connectivity index (χ1) is 43.4. The van der Waals surface area contributed by atoms with Gasteiger partial charge >= 0.3 is 0 Å². The van der Waals surface area contributed by atoms with Gasteiger partial charge in [-0.15, -0.1) is 0 Å². The number of hydrogen-bond acceptors (Lipinski definition) is 10. The number of hydrogen-bond donors (Lipinski definition) is 7. The topological polar surface area (TPSA) is 196 Å². The Balaban J connectivity index is 0.000000333. The van der Waals surface area contributed by atoms with Crippen LogP contribution in [-0.4, -0.2) is 140 Å². The van der Waals surface area contributed by atoms with E-state index in [0.717, 1.165) is 72.3 Å². The number of benzene rings is 6. The highest BCUT2D eigenvalue weighted by Gasteiger charge is 2.29. The van der Waals surface area contributed by atoms with Crippen molar-refractivity contribution in [3.05, 3.63) is 206 Å². The van der Waals surface area contributed by atoms with E-state index in [1.54, 1.807) is 47.1 Å². The van der Waals surface area contributed by atoms with Crippen molar-refractivity contribution in [2.75, 3.05) is 64.8 Å². The summed E-state index contributed by atoms with van der Waals surface area (Å²) in [5.74, 6) is -4.39. The molecule has 6 aromatic carbocycles. The highest BCUT2D eigenvalue weighted by atomic mass is 19.1. The molecule has 0 bridgehead atoms. The summed E-state index contributed by atoms with van der Waals surface area (Å²) in [4.78, 5) is 72.5. The molecule has 5 amide bonds. The van der Waals surface area contributed by atoms with Gasteiger partial charge in [0.2, 0.25) is 5.91 Å². The van der Waals surface area contributed by atoms with E-state index in [4.69, 9.17) is 0 Å². The lowest BCUT2D eigenvalue weighted by molar-refractivity contribution is -0.123. The molecule has 0 fully saturated rings. The highest BCUT2D eigenvalue weighted by molar-refractivity contribution is 6.01. The number of nitrogens with zero attached hydrogens (tertiary/aromatic N) is 3. The van der Waals surface area contributed by atoms with Gasteiger partial charge in [-0.3, -0.25) is 24.0 Å². The van der Waals surface area contributed by atoms with Gasteiger partial charge in [0, 0.05) is 107 Å². The van der Waals surface area contributed by atoms with E-state index in [2.05, 4.69) is 26.6 Å². The van der Waals surface area contributed by atoms with Crippen molar-refractivity contribution in [2.24, 2.45) is 5.92 Å². The van der Waals surface area contributed by atoms with Crippen molar-refractivity contribution >= 4 is 35.2 Å². The van der Waals surface area contributed by atoms with E-state index < -0.39 is 65.4 Å². The van der Waals surface area contributed by atoms with Gasteiger partial charge in [0.1, 0.15) is 23.3 Å². The molecular formula is C72H94F4N8O7. The fourth-order valence-corrected chi connectivity index (χ4v) is 10.5. The molecule has 15 nitrogen and oxygen atoms in total. The first-order valence-electron chi connectivity index (χ1n) is 31.6.